The summed E-state index contributed by atoms with van der Waals surface area (Å²) in [4.78, 5) is 15.3. The summed E-state index contributed by atoms with van der Waals surface area (Å²) in [6, 6.07) is 17.1. The third-order valence-corrected chi connectivity index (χ3v) is 3.69. The summed E-state index contributed by atoms with van der Waals surface area (Å²) in [7, 11) is -5.85. The average molecular weight is 296 g/mol. The first-order valence-corrected chi connectivity index (χ1v) is 7.55. The molecule has 2 unspecified atom stereocenters. The smallest absolute Gasteiger partial charge is 0.131 e. The average Bonchev–Trinajstić information content (AvgIpc) is 2.35. The zero-order valence-corrected chi connectivity index (χ0v) is 11.4. The second kappa shape index (κ2) is 6.11. The maximum absolute atomic E-state index is 9.39. The molecule has 96 valence electrons. The third-order valence-electron chi connectivity index (χ3n) is 2.57. The predicted octanol–water partition coefficient (Wildman–Crippen LogP) is 3.64. The van der Waals surface area contributed by atoms with Crippen LogP contribution in [-0.2, 0) is 13.4 Å². The molecule has 0 spiro atoms. The van der Waals surface area contributed by atoms with Gasteiger partial charge in [-0.05, 0) is 22.3 Å². The molecule has 5 nitrogen and oxygen atoms in total. The van der Waals surface area contributed by atoms with Gasteiger partial charge in [-0.15, -0.1) is 9.79 Å². The number of benzene rings is 2. The minimum Gasteiger partial charge on any atom is -0.131 e. The van der Waals surface area contributed by atoms with Crippen LogP contribution in [0, 0.1) is 0 Å². The predicted molar refractivity (Wildman–Crippen MR) is 71.6 cm³/mol. The molecule has 1 aliphatic rings. The van der Waals surface area contributed by atoms with Crippen LogP contribution in [-0.4, -0.2) is 9.79 Å². The van der Waals surface area contributed by atoms with Gasteiger partial charge in [0, 0.05) is 9.13 Å². The highest BCUT2D eigenvalue weighted by atomic mass is 31.2. The van der Waals surface area contributed by atoms with Crippen molar-refractivity contribution in [2.75, 3.05) is 0 Å². The first-order chi connectivity index (χ1) is 9.09. The highest BCUT2D eigenvalue weighted by Gasteiger charge is 2.31. The van der Waals surface area contributed by atoms with Crippen LogP contribution in [0.5, 0.6) is 0 Å². The van der Waals surface area contributed by atoms with E-state index in [1.807, 2.05) is 0 Å². The standard InChI is InChI=1S/C12H8.O5P2/c1-2-6-10-9(5-1)11-7-3-4-8-12(10)11;1-6(2)5-7(3)4/h1-8H;/p+2. The highest BCUT2D eigenvalue weighted by Crippen LogP contribution is 2.46. The Morgan fingerprint density at radius 2 is 0.947 bits per heavy atom. The quantitative estimate of drug-likeness (QED) is 0.705. The molecule has 0 amide bonds. The highest BCUT2D eigenvalue weighted by molar-refractivity contribution is 7.46. The van der Waals surface area contributed by atoms with Gasteiger partial charge in [0.1, 0.15) is 0 Å². The van der Waals surface area contributed by atoms with Crippen LogP contribution in [0.4, 0.5) is 0 Å². The molecule has 2 atom stereocenters. The molecule has 2 aromatic rings. The van der Waals surface area contributed by atoms with Crippen molar-refractivity contribution < 1.29 is 23.2 Å². The molecule has 0 radical (unpaired) electrons. The summed E-state index contributed by atoms with van der Waals surface area (Å²) in [5.74, 6) is 0. The van der Waals surface area contributed by atoms with Crippen molar-refractivity contribution in [2.24, 2.45) is 0 Å². The molecule has 2 aromatic carbocycles. The van der Waals surface area contributed by atoms with E-state index in [0.29, 0.717) is 0 Å². The summed E-state index contributed by atoms with van der Waals surface area (Å²) in [6.45, 7) is 0. The number of fused-ring (bicyclic) bond motifs is 4. The second-order valence-electron chi connectivity index (χ2n) is 3.65. The van der Waals surface area contributed by atoms with E-state index < -0.39 is 16.5 Å². The van der Waals surface area contributed by atoms with Crippen molar-refractivity contribution in [1.29, 1.82) is 0 Å². The van der Waals surface area contributed by atoms with Crippen molar-refractivity contribution in [2.45, 2.75) is 0 Å². The minimum atomic E-state index is -2.92. The molecule has 0 saturated heterocycles. The van der Waals surface area contributed by atoms with Crippen LogP contribution in [0.3, 0.4) is 0 Å². The van der Waals surface area contributed by atoms with E-state index in [1.165, 1.54) is 22.3 Å². The van der Waals surface area contributed by atoms with Crippen molar-refractivity contribution in [3.05, 3.63) is 48.5 Å². The number of hydrogen-bond acceptors (Lipinski definition) is 3. The minimum absolute atomic E-state index is 1.40. The molecule has 2 N–H and O–H groups in total. The van der Waals surface area contributed by atoms with E-state index in [1.54, 1.807) is 0 Å². The Bertz CT molecular complexity index is 529. The molecule has 0 fully saturated rings. The van der Waals surface area contributed by atoms with Crippen LogP contribution in [0.2, 0.25) is 0 Å². The Morgan fingerprint density at radius 1 is 0.684 bits per heavy atom. The van der Waals surface area contributed by atoms with E-state index in [4.69, 9.17) is 9.79 Å². The van der Waals surface area contributed by atoms with E-state index >= 15 is 0 Å². The zero-order chi connectivity index (χ0) is 13.8. The summed E-state index contributed by atoms with van der Waals surface area (Å²) in [6.07, 6.45) is 0. The lowest BCUT2D eigenvalue weighted by atomic mass is 9.81. The Morgan fingerprint density at radius 3 is 1.11 bits per heavy atom. The first-order valence-electron chi connectivity index (χ1n) is 5.28. The summed E-state index contributed by atoms with van der Waals surface area (Å²) in [5.41, 5.74) is 5.59. The molecular weight excluding hydrogens is 286 g/mol. The number of rotatable bonds is 2. The summed E-state index contributed by atoms with van der Waals surface area (Å²) < 4.78 is 22.2. The van der Waals surface area contributed by atoms with Crippen molar-refractivity contribution in [1.82, 2.24) is 0 Å². The maximum atomic E-state index is 9.39. The van der Waals surface area contributed by atoms with Crippen LogP contribution < -0.4 is 0 Å². The fraction of sp³-hybridized carbons (Fsp3) is 0. The molecule has 0 bridgehead atoms. The fourth-order valence-corrected chi connectivity index (χ4v) is 2.38. The zero-order valence-electron chi connectivity index (χ0n) is 9.63. The van der Waals surface area contributed by atoms with Gasteiger partial charge < -0.3 is 0 Å². The van der Waals surface area contributed by atoms with Crippen LogP contribution in [0.15, 0.2) is 48.5 Å². The van der Waals surface area contributed by atoms with Gasteiger partial charge in [-0.25, -0.2) is 0 Å². The Hall–Kier alpha value is -1.48. The largest absolute Gasteiger partial charge is 0.745 e. The van der Waals surface area contributed by atoms with Crippen LogP contribution in [0.1, 0.15) is 0 Å². The lowest BCUT2D eigenvalue weighted by molar-refractivity contribution is 0.371. The van der Waals surface area contributed by atoms with Crippen molar-refractivity contribution in [3.8, 4) is 22.3 Å². The lowest BCUT2D eigenvalue weighted by Crippen LogP contribution is -1.96. The Kier molecular flexibility index (Phi) is 4.48. The Balaban J connectivity index is 0.000000167. The third kappa shape index (κ3) is 3.29. The lowest BCUT2D eigenvalue weighted by Gasteiger charge is -2.22. The van der Waals surface area contributed by atoms with Gasteiger partial charge in [-0.2, -0.15) is 0 Å². The van der Waals surface area contributed by atoms with Crippen molar-refractivity contribution >= 4 is 16.5 Å². The van der Waals surface area contributed by atoms with Crippen LogP contribution in [0.25, 0.3) is 22.3 Å². The van der Waals surface area contributed by atoms with Gasteiger partial charge in [-0.1, -0.05) is 48.5 Å². The molecule has 0 heterocycles. The van der Waals surface area contributed by atoms with Gasteiger partial charge in [0.2, 0.25) is 0 Å². The van der Waals surface area contributed by atoms with Gasteiger partial charge in [0.05, 0.1) is 0 Å². The fourth-order valence-electron chi connectivity index (χ4n) is 1.90. The molecular formula is C12H10O5P2+2. The van der Waals surface area contributed by atoms with E-state index in [2.05, 4.69) is 52.8 Å². The molecule has 19 heavy (non-hydrogen) atoms. The van der Waals surface area contributed by atoms with Crippen molar-refractivity contribution in [3.63, 3.8) is 0 Å². The van der Waals surface area contributed by atoms with Gasteiger partial charge >= 0.3 is 16.5 Å². The van der Waals surface area contributed by atoms with Crippen LogP contribution >= 0.6 is 16.5 Å². The van der Waals surface area contributed by atoms with E-state index in [0.717, 1.165) is 0 Å². The first kappa shape index (κ1) is 13.9. The summed E-state index contributed by atoms with van der Waals surface area (Å²) in [5, 5.41) is 0. The van der Waals surface area contributed by atoms with E-state index in [-0.39, 0.29) is 0 Å². The van der Waals surface area contributed by atoms with Gasteiger partial charge in [0.25, 0.3) is 0 Å². The molecule has 3 rings (SSSR count). The molecule has 1 aliphatic carbocycles. The molecule has 7 heteroatoms. The number of hydrogen-bond donors (Lipinski definition) is 2. The van der Waals surface area contributed by atoms with Gasteiger partial charge in [-0.3, -0.25) is 0 Å². The Labute approximate surface area is 111 Å². The molecule has 0 saturated carbocycles. The van der Waals surface area contributed by atoms with Gasteiger partial charge in [0.15, 0.2) is 4.31 Å². The topological polar surface area (TPSA) is 83.8 Å². The molecule has 0 aromatic heterocycles. The van der Waals surface area contributed by atoms with E-state index in [9.17, 15) is 9.13 Å². The monoisotopic (exact) mass is 296 g/mol. The maximum Gasteiger partial charge on any atom is 0.745 e. The normalized spacial score (nSPS) is 12.1. The second-order valence-corrected chi connectivity index (χ2v) is 5.25. The SMILES string of the molecule is O=[P+](O)O[P+](=O)O.c1ccc2c(c1)-c1ccccc1-2. The molecule has 0 aliphatic heterocycles. The summed E-state index contributed by atoms with van der Waals surface area (Å²) >= 11 is 0.